The fourth-order valence-electron chi connectivity index (χ4n) is 3.83. The van der Waals surface area contributed by atoms with Gasteiger partial charge in [0.05, 0.1) is 17.2 Å². The largest absolute Gasteiger partial charge is 0.481 e. The number of carboxylic acids is 1. The summed E-state index contributed by atoms with van der Waals surface area (Å²) in [6.45, 7) is 0.384. The summed E-state index contributed by atoms with van der Waals surface area (Å²) in [5, 5.41) is 9.09. The highest BCUT2D eigenvalue weighted by Gasteiger charge is 2.34. The topological polar surface area (TPSA) is 40.5 Å². The molecule has 9 heteroatoms. The molecule has 2 aromatic rings. The fourth-order valence-corrected chi connectivity index (χ4v) is 3.83. The lowest BCUT2D eigenvalue weighted by molar-refractivity contribution is -0.139. The number of carboxylic acid groups (broad SMARTS) is 1. The van der Waals surface area contributed by atoms with Crippen LogP contribution in [0.4, 0.5) is 32.0 Å². The molecule has 1 fully saturated rings. The summed E-state index contributed by atoms with van der Waals surface area (Å²) < 4.78 is 77.2. The van der Waals surface area contributed by atoms with Crippen LogP contribution in [0.2, 0.25) is 0 Å². The smallest absolute Gasteiger partial charge is 0.416 e. The Morgan fingerprint density at radius 2 is 1.40 bits per heavy atom. The Balaban J connectivity index is 1.91. The number of piperidine rings is 1. The molecule has 0 aliphatic carbocycles. The van der Waals surface area contributed by atoms with Crippen LogP contribution in [0.15, 0.2) is 48.5 Å². The molecule has 1 aliphatic rings. The highest BCUT2D eigenvalue weighted by Crippen LogP contribution is 2.40. The Kier molecular flexibility index (Phi) is 6.01. The maximum atomic E-state index is 12.9. The summed E-state index contributed by atoms with van der Waals surface area (Å²) in [4.78, 5) is 12.9. The molecular formula is C21H19F6NO2. The number of carbonyl (C=O) groups is 1. The van der Waals surface area contributed by atoms with E-state index < -0.39 is 35.5 Å². The van der Waals surface area contributed by atoms with Crippen LogP contribution in [0.25, 0.3) is 0 Å². The van der Waals surface area contributed by atoms with Crippen LogP contribution >= 0.6 is 0 Å². The summed E-state index contributed by atoms with van der Waals surface area (Å²) in [5.74, 6) is -1.14. The Hall–Kier alpha value is -2.71. The molecule has 0 saturated carbocycles. The average Bonchev–Trinajstić information content (AvgIpc) is 2.66. The van der Waals surface area contributed by atoms with Gasteiger partial charge in [-0.25, -0.2) is 0 Å². The molecule has 0 aromatic heterocycles. The summed E-state index contributed by atoms with van der Waals surface area (Å²) in [5.41, 5.74) is -0.539. The quantitative estimate of drug-likeness (QED) is 0.590. The summed E-state index contributed by atoms with van der Waals surface area (Å²) in [7, 11) is 0. The number of benzene rings is 2. The molecule has 2 aromatic carbocycles. The molecule has 0 unspecified atom stereocenters. The lowest BCUT2D eigenvalue weighted by Crippen LogP contribution is -2.37. The van der Waals surface area contributed by atoms with E-state index in [0.717, 1.165) is 24.3 Å². The van der Waals surface area contributed by atoms with Gasteiger partial charge in [0.15, 0.2) is 0 Å². The zero-order valence-corrected chi connectivity index (χ0v) is 15.7. The standard InChI is InChI=1S/C21H19F6NO2/c22-20(23,24)15-3-1-14(2-4-15)18-11-13(12-19(29)30)9-10-28(18)17-7-5-16(6-8-17)21(25,26)27/h1-8,13,18H,9-12H2,(H,29,30)/t13-,18+/m0/s1. The van der Waals surface area contributed by atoms with E-state index in [-0.39, 0.29) is 12.3 Å². The molecule has 3 nitrogen and oxygen atoms in total. The molecule has 1 aliphatic heterocycles. The molecular weight excluding hydrogens is 412 g/mol. The van der Waals surface area contributed by atoms with Crippen LogP contribution in [0.3, 0.4) is 0 Å². The van der Waals surface area contributed by atoms with Crippen molar-refractivity contribution in [3.05, 3.63) is 65.2 Å². The molecule has 1 saturated heterocycles. The van der Waals surface area contributed by atoms with Gasteiger partial charge in [0.2, 0.25) is 0 Å². The van der Waals surface area contributed by atoms with E-state index in [2.05, 4.69) is 0 Å². The SMILES string of the molecule is O=C(O)C[C@H]1CCN(c2ccc(C(F)(F)F)cc2)[C@@H](c2ccc(C(F)(F)F)cc2)C1. The second-order valence-corrected chi connectivity index (χ2v) is 7.36. The van der Waals surface area contributed by atoms with Crippen LogP contribution in [0, 0.1) is 5.92 Å². The first kappa shape index (κ1) is 22.0. The Morgan fingerprint density at radius 1 is 0.900 bits per heavy atom. The molecule has 0 bridgehead atoms. The van der Waals surface area contributed by atoms with E-state index in [9.17, 15) is 31.1 Å². The van der Waals surface area contributed by atoms with Crippen molar-refractivity contribution < 1.29 is 36.2 Å². The molecule has 0 amide bonds. The third kappa shape index (κ3) is 5.06. The monoisotopic (exact) mass is 431 g/mol. The van der Waals surface area contributed by atoms with Crippen LogP contribution in [-0.4, -0.2) is 17.6 Å². The van der Waals surface area contributed by atoms with Crippen molar-refractivity contribution in [2.75, 3.05) is 11.4 Å². The van der Waals surface area contributed by atoms with Gasteiger partial charge in [-0.2, -0.15) is 26.3 Å². The third-order valence-electron chi connectivity index (χ3n) is 5.32. The van der Waals surface area contributed by atoms with Crippen molar-refractivity contribution in [2.24, 2.45) is 5.92 Å². The van der Waals surface area contributed by atoms with Gasteiger partial charge in [0.1, 0.15) is 0 Å². The van der Waals surface area contributed by atoms with Gasteiger partial charge in [-0.15, -0.1) is 0 Å². The van der Waals surface area contributed by atoms with Crippen LogP contribution in [-0.2, 0) is 17.1 Å². The van der Waals surface area contributed by atoms with Crippen molar-refractivity contribution in [1.82, 2.24) is 0 Å². The normalized spacial score (nSPS) is 20.3. The molecule has 0 radical (unpaired) electrons. The number of aliphatic carboxylic acids is 1. The maximum Gasteiger partial charge on any atom is 0.416 e. The first-order valence-corrected chi connectivity index (χ1v) is 9.28. The first-order valence-electron chi connectivity index (χ1n) is 9.28. The molecule has 3 rings (SSSR count). The highest BCUT2D eigenvalue weighted by atomic mass is 19.4. The number of hydrogen-bond acceptors (Lipinski definition) is 2. The Bertz CT molecular complexity index is 874. The second kappa shape index (κ2) is 8.20. The number of alkyl halides is 6. The summed E-state index contributed by atoms with van der Waals surface area (Å²) >= 11 is 0. The first-order chi connectivity index (χ1) is 13.9. The zero-order chi connectivity index (χ0) is 22.1. The zero-order valence-electron chi connectivity index (χ0n) is 15.7. The fraction of sp³-hybridized carbons (Fsp3) is 0.381. The van der Waals surface area contributed by atoms with Gasteiger partial charge < -0.3 is 10.0 Å². The summed E-state index contributed by atoms with van der Waals surface area (Å²) in [6.07, 6.45) is -8.13. The number of anilines is 1. The van der Waals surface area contributed by atoms with Crippen LogP contribution in [0.5, 0.6) is 0 Å². The predicted octanol–water partition coefficient (Wildman–Crippen LogP) is 6.16. The second-order valence-electron chi connectivity index (χ2n) is 7.36. The predicted molar refractivity (Wildman–Crippen MR) is 98.0 cm³/mol. The molecule has 1 heterocycles. The van der Waals surface area contributed by atoms with Gasteiger partial charge in [-0.05, 0) is 60.7 Å². The lowest BCUT2D eigenvalue weighted by atomic mass is 9.84. The molecule has 2 atom stereocenters. The van der Waals surface area contributed by atoms with Crippen LogP contribution < -0.4 is 4.90 Å². The Morgan fingerprint density at radius 3 is 1.87 bits per heavy atom. The van der Waals surface area contributed by atoms with Crippen LogP contribution in [0.1, 0.15) is 42.0 Å². The number of nitrogens with zero attached hydrogens (tertiary/aromatic N) is 1. The molecule has 1 N–H and O–H groups in total. The van der Waals surface area contributed by atoms with Crippen molar-refractivity contribution in [2.45, 2.75) is 37.7 Å². The van der Waals surface area contributed by atoms with Gasteiger partial charge in [-0.3, -0.25) is 4.79 Å². The number of rotatable bonds is 4. The third-order valence-corrected chi connectivity index (χ3v) is 5.32. The van der Waals surface area contributed by atoms with Crippen molar-refractivity contribution in [3.8, 4) is 0 Å². The molecule has 30 heavy (non-hydrogen) atoms. The van der Waals surface area contributed by atoms with Crippen molar-refractivity contribution in [3.63, 3.8) is 0 Å². The number of halogens is 6. The van der Waals surface area contributed by atoms with E-state index >= 15 is 0 Å². The highest BCUT2D eigenvalue weighted by molar-refractivity contribution is 5.67. The van der Waals surface area contributed by atoms with Gasteiger partial charge in [0.25, 0.3) is 0 Å². The summed E-state index contributed by atoms with van der Waals surface area (Å²) in [6, 6.07) is 8.74. The van der Waals surface area contributed by atoms with Gasteiger partial charge in [-0.1, -0.05) is 12.1 Å². The average molecular weight is 431 g/mol. The minimum absolute atomic E-state index is 0.0714. The van der Waals surface area contributed by atoms with E-state index in [0.29, 0.717) is 30.6 Å². The van der Waals surface area contributed by atoms with Gasteiger partial charge in [0, 0.05) is 18.7 Å². The van der Waals surface area contributed by atoms with E-state index in [1.165, 1.54) is 24.3 Å². The number of hydrogen-bond donors (Lipinski definition) is 1. The van der Waals surface area contributed by atoms with Crippen molar-refractivity contribution in [1.29, 1.82) is 0 Å². The van der Waals surface area contributed by atoms with E-state index in [4.69, 9.17) is 5.11 Å². The minimum Gasteiger partial charge on any atom is -0.481 e. The lowest BCUT2D eigenvalue weighted by Gasteiger charge is -2.41. The van der Waals surface area contributed by atoms with Crippen molar-refractivity contribution >= 4 is 11.7 Å². The Labute approximate surface area is 168 Å². The van der Waals surface area contributed by atoms with E-state index in [1.54, 1.807) is 0 Å². The van der Waals surface area contributed by atoms with E-state index in [1.807, 2.05) is 4.90 Å². The van der Waals surface area contributed by atoms with Gasteiger partial charge >= 0.3 is 18.3 Å². The molecule has 0 spiro atoms. The molecule has 162 valence electrons. The maximum absolute atomic E-state index is 12.9. The minimum atomic E-state index is -4.48.